The molecule has 2 nitrogen and oxygen atoms in total. The van der Waals surface area contributed by atoms with Crippen molar-refractivity contribution in [3.8, 4) is 0 Å². The summed E-state index contributed by atoms with van der Waals surface area (Å²) in [5.41, 5.74) is 5.68. The molecule has 0 bridgehead atoms. The van der Waals surface area contributed by atoms with Crippen molar-refractivity contribution in [3.63, 3.8) is 0 Å². The first-order valence-electron chi connectivity index (χ1n) is 8.01. The molecular weight excluding hydrogens is 306 g/mol. The smallest absolute Gasteiger partial charge is 0.161 e. The van der Waals surface area contributed by atoms with Crippen molar-refractivity contribution in [1.29, 1.82) is 0 Å². The van der Waals surface area contributed by atoms with Crippen molar-refractivity contribution in [1.82, 2.24) is 0 Å². The lowest BCUT2D eigenvalue weighted by Gasteiger charge is -2.39. The van der Waals surface area contributed by atoms with Crippen LogP contribution in [0.1, 0.15) is 36.3 Å². The van der Waals surface area contributed by atoms with Crippen LogP contribution in [0.2, 0.25) is 5.02 Å². The maximum Gasteiger partial charge on any atom is 0.161 e. The van der Waals surface area contributed by atoms with Crippen LogP contribution < -0.4 is 4.90 Å². The van der Waals surface area contributed by atoms with Gasteiger partial charge in [0.25, 0.3) is 0 Å². The van der Waals surface area contributed by atoms with Crippen LogP contribution in [0.3, 0.4) is 0 Å². The Balaban J connectivity index is 1.97. The summed E-state index contributed by atoms with van der Waals surface area (Å²) in [4.78, 5) is 14.9. The van der Waals surface area contributed by atoms with Crippen molar-refractivity contribution >= 4 is 23.1 Å². The van der Waals surface area contributed by atoms with E-state index in [1.54, 1.807) is 0 Å². The fourth-order valence-electron chi connectivity index (χ4n) is 3.86. The molecule has 1 unspecified atom stereocenters. The maximum atomic E-state index is 12.7. The topological polar surface area (TPSA) is 20.3 Å². The molecule has 2 aliphatic rings. The summed E-state index contributed by atoms with van der Waals surface area (Å²) in [6.45, 7) is 0. The number of nitrogens with zero attached hydrogens (tertiary/aromatic N) is 1. The fourth-order valence-corrected chi connectivity index (χ4v) is 3.99. The Morgan fingerprint density at radius 3 is 2.57 bits per heavy atom. The van der Waals surface area contributed by atoms with Crippen molar-refractivity contribution in [2.45, 2.75) is 25.2 Å². The highest BCUT2D eigenvalue weighted by Gasteiger charge is 2.36. The average Bonchev–Trinajstić information content (AvgIpc) is 2.57. The first-order chi connectivity index (χ1) is 11.2. The summed E-state index contributed by atoms with van der Waals surface area (Å²) >= 11 is 6.05. The average molecular weight is 324 g/mol. The molecule has 1 aliphatic heterocycles. The molecule has 3 heteroatoms. The number of hydrogen-bond acceptors (Lipinski definition) is 2. The molecule has 0 saturated heterocycles. The van der Waals surface area contributed by atoms with Gasteiger partial charge in [-0.2, -0.15) is 0 Å². The van der Waals surface area contributed by atoms with E-state index in [0.717, 1.165) is 29.0 Å². The summed E-state index contributed by atoms with van der Waals surface area (Å²) < 4.78 is 0. The number of ketones is 1. The number of Topliss-reactive ketones (excluding diaryl/α,β-unsaturated/α-hetero) is 1. The Hall–Kier alpha value is -2.06. The molecule has 1 aliphatic carbocycles. The molecule has 0 spiro atoms. The molecule has 0 radical (unpaired) electrons. The van der Waals surface area contributed by atoms with Crippen molar-refractivity contribution in [3.05, 3.63) is 76.0 Å². The third-order valence-corrected chi connectivity index (χ3v) is 5.19. The second kappa shape index (κ2) is 5.54. The number of halogens is 1. The van der Waals surface area contributed by atoms with Gasteiger partial charge in [-0.3, -0.25) is 4.79 Å². The van der Waals surface area contributed by atoms with E-state index in [1.165, 1.54) is 16.9 Å². The minimum Gasteiger partial charge on any atom is -0.347 e. The van der Waals surface area contributed by atoms with Gasteiger partial charge in [-0.1, -0.05) is 41.9 Å². The molecule has 1 heterocycles. The lowest BCUT2D eigenvalue weighted by molar-refractivity contribution is -0.116. The monoisotopic (exact) mass is 323 g/mol. The molecule has 2 aromatic carbocycles. The van der Waals surface area contributed by atoms with Gasteiger partial charge in [0, 0.05) is 41.4 Å². The number of allylic oxidation sites excluding steroid dienone is 2. The van der Waals surface area contributed by atoms with Crippen LogP contribution in [-0.2, 0) is 4.79 Å². The number of carbonyl (C=O) groups is 1. The van der Waals surface area contributed by atoms with E-state index in [1.807, 2.05) is 24.3 Å². The number of rotatable bonds is 1. The molecule has 0 N–H and O–H groups in total. The largest absolute Gasteiger partial charge is 0.347 e. The van der Waals surface area contributed by atoms with Crippen molar-refractivity contribution in [2.75, 3.05) is 11.9 Å². The summed E-state index contributed by atoms with van der Waals surface area (Å²) in [7, 11) is 2.07. The zero-order chi connectivity index (χ0) is 16.0. The Labute approximate surface area is 141 Å². The van der Waals surface area contributed by atoms with Gasteiger partial charge in [-0.15, -0.1) is 0 Å². The Bertz CT molecular complexity index is 807. The summed E-state index contributed by atoms with van der Waals surface area (Å²) in [6.07, 6.45) is 2.56. The summed E-state index contributed by atoms with van der Waals surface area (Å²) in [5.74, 6) is 0.301. The van der Waals surface area contributed by atoms with Gasteiger partial charge >= 0.3 is 0 Å². The summed E-state index contributed by atoms with van der Waals surface area (Å²) in [6, 6.07) is 16.3. The lowest BCUT2D eigenvalue weighted by Crippen LogP contribution is -2.32. The maximum absolute atomic E-state index is 12.7. The van der Waals surface area contributed by atoms with E-state index < -0.39 is 0 Å². The van der Waals surface area contributed by atoms with E-state index in [-0.39, 0.29) is 11.7 Å². The van der Waals surface area contributed by atoms with Crippen LogP contribution in [-0.4, -0.2) is 12.8 Å². The quantitative estimate of drug-likeness (QED) is 0.741. The molecule has 0 amide bonds. The minimum absolute atomic E-state index is 0.0162. The number of fused-ring (bicyclic) bond motifs is 1. The number of carbonyl (C=O) groups excluding carboxylic acids is 1. The third kappa shape index (κ3) is 2.29. The summed E-state index contributed by atoms with van der Waals surface area (Å²) in [5, 5.41) is 0.721. The Morgan fingerprint density at radius 1 is 1.04 bits per heavy atom. The molecule has 23 heavy (non-hydrogen) atoms. The zero-order valence-electron chi connectivity index (χ0n) is 13.1. The number of hydrogen-bond donors (Lipinski definition) is 0. The van der Waals surface area contributed by atoms with E-state index in [2.05, 4.69) is 36.2 Å². The molecule has 1 atom stereocenters. The normalized spacial score (nSPS) is 20.3. The van der Waals surface area contributed by atoms with Crippen LogP contribution in [0.4, 0.5) is 5.69 Å². The Kier molecular flexibility index (Phi) is 3.50. The van der Waals surface area contributed by atoms with Gasteiger partial charge in [0.1, 0.15) is 0 Å². The van der Waals surface area contributed by atoms with Gasteiger partial charge in [-0.05, 0) is 42.2 Å². The van der Waals surface area contributed by atoms with Crippen LogP contribution in [0.25, 0.3) is 0 Å². The van der Waals surface area contributed by atoms with Crippen LogP contribution in [0.15, 0.2) is 59.8 Å². The third-order valence-electron chi connectivity index (χ3n) is 4.93. The predicted molar refractivity (Wildman–Crippen MR) is 94.0 cm³/mol. The number of anilines is 1. The first kappa shape index (κ1) is 14.5. The first-order valence-corrected chi connectivity index (χ1v) is 8.39. The zero-order valence-corrected chi connectivity index (χ0v) is 13.8. The van der Waals surface area contributed by atoms with E-state index in [4.69, 9.17) is 11.6 Å². The number of benzene rings is 2. The van der Waals surface area contributed by atoms with E-state index in [9.17, 15) is 4.79 Å². The van der Waals surface area contributed by atoms with Crippen LogP contribution >= 0.6 is 11.6 Å². The number of para-hydroxylation sites is 1. The van der Waals surface area contributed by atoms with E-state index >= 15 is 0 Å². The standard InChI is InChI=1S/C20H18ClNO/c1-22-16-6-3-2-5-15(16)19(13-9-11-14(21)12-10-13)20-17(22)7-4-8-18(20)23/h2-3,5-6,9-12,19H,4,7-8H2,1H3. The second-order valence-electron chi connectivity index (χ2n) is 6.24. The molecule has 4 rings (SSSR count). The van der Waals surface area contributed by atoms with Gasteiger partial charge in [0.2, 0.25) is 0 Å². The van der Waals surface area contributed by atoms with Crippen molar-refractivity contribution in [2.24, 2.45) is 0 Å². The highest BCUT2D eigenvalue weighted by atomic mass is 35.5. The highest BCUT2D eigenvalue weighted by Crippen LogP contribution is 2.47. The van der Waals surface area contributed by atoms with Crippen LogP contribution in [0, 0.1) is 0 Å². The van der Waals surface area contributed by atoms with E-state index in [0.29, 0.717) is 6.42 Å². The van der Waals surface area contributed by atoms with Crippen LogP contribution in [0.5, 0.6) is 0 Å². The lowest BCUT2D eigenvalue weighted by atomic mass is 9.75. The molecule has 0 fully saturated rings. The van der Waals surface area contributed by atoms with Gasteiger partial charge in [0.15, 0.2) is 5.78 Å². The second-order valence-corrected chi connectivity index (χ2v) is 6.68. The van der Waals surface area contributed by atoms with Gasteiger partial charge < -0.3 is 4.90 Å². The molecular formula is C20H18ClNO. The molecule has 0 saturated carbocycles. The van der Waals surface area contributed by atoms with Crippen molar-refractivity contribution < 1.29 is 4.79 Å². The predicted octanol–water partition coefficient (Wildman–Crippen LogP) is 4.93. The minimum atomic E-state index is 0.0162. The fraction of sp³-hybridized carbons (Fsp3) is 0.250. The molecule has 0 aromatic heterocycles. The Morgan fingerprint density at radius 2 is 1.78 bits per heavy atom. The molecule has 2 aromatic rings. The van der Waals surface area contributed by atoms with Gasteiger partial charge in [-0.25, -0.2) is 0 Å². The SMILES string of the molecule is CN1C2=C(C(=O)CCC2)C(c2ccc(Cl)cc2)c2ccccc21. The molecule has 116 valence electrons. The highest BCUT2D eigenvalue weighted by molar-refractivity contribution is 6.30. The van der Waals surface area contributed by atoms with Gasteiger partial charge in [0.05, 0.1) is 0 Å².